The fourth-order valence-corrected chi connectivity index (χ4v) is 7.48. The van der Waals surface area contributed by atoms with Crippen LogP contribution in [0, 0.1) is 0 Å². The highest BCUT2D eigenvalue weighted by molar-refractivity contribution is 7.21. The predicted molar refractivity (Wildman–Crippen MR) is 183 cm³/mol. The van der Waals surface area contributed by atoms with Crippen LogP contribution in [0.1, 0.15) is 36.0 Å². The number of nitrogens with zero attached hydrogens (tertiary/aromatic N) is 5. The molecule has 0 spiro atoms. The minimum atomic E-state index is 0.0258. The third-order valence-electron chi connectivity index (χ3n) is 9.06. The van der Waals surface area contributed by atoms with Crippen molar-refractivity contribution in [1.82, 2.24) is 19.7 Å². The van der Waals surface area contributed by atoms with Crippen LogP contribution in [0.3, 0.4) is 0 Å². The third-order valence-corrected chi connectivity index (χ3v) is 10.1. The third kappa shape index (κ3) is 6.89. The maximum atomic E-state index is 13.1. The first-order valence-corrected chi connectivity index (χ1v) is 17.2. The average molecular weight is 640 g/mol. The number of aliphatic imine (C=N–C) groups is 1. The van der Waals surface area contributed by atoms with Crippen LogP contribution in [0.5, 0.6) is 17.2 Å². The summed E-state index contributed by atoms with van der Waals surface area (Å²) in [6.45, 7) is 8.33. The molecule has 46 heavy (non-hydrogen) atoms. The predicted octanol–water partition coefficient (Wildman–Crippen LogP) is 6.15. The molecule has 2 saturated heterocycles. The van der Waals surface area contributed by atoms with E-state index in [4.69, 9.17) is 19.2 Å². The van der Waals surface area contributed by atoms with Crippen molar-refractivity contribution < 1.29 is 19.0 Å². The van der Waals surface area contributed by atoms with Crippen molar-refractivity contribution in [3.05, 3.63) is 66.2 Å². The lowest BCUT2D eigenvalue weighted by atomic mass is 10.1. The van der Waals surface area contributed by atoms with Crippen molar-refractivity contribution in [2.45, 2.75) is 31.7 Å². The van der Waals surface area contributed by atoms with E-state index >= 15 is 0 Å². The molecule has 10 heteroatoms. The Morgan fingerprint density at radius 1 is 0.870 bits per heavy atom. The normalized spacial score (nSPS) is 18.4. The van der Waals surface area contributed by atoms with Gasteiger partial charge < -0.3 is 28.9 Å². The Kier molecular flexibility index (Phi) is 9.46. The molecule has 3 aromatic carbocycles. The highest BCUT2D eigenvalue weighted by atomic mass is 32.1. The van der Waals surface area contributed by atoms with Crippen molar-refractivity contribution in [2.24, 2.45) is 4.99 Å². The Balaban J connectivity index is 0.814. The SMILES string of the molecule is COc1cc2c(cc1OCCCN1CCN(CCCOc3cccc(-c4nc5ccccc5s4)c3)CC1)N=C[C@@H]1CCCN1C2=O. The van der Waals surface area contributed by atoms with Gasteiger partial charge >= 0.3 is 0 Å². The van der Waals surface area contributed by atoms with Gasteiger partial charge in [-0.2, -0.15) is 0 Å². The zero-order chi connectivity index (χ0) is 31.3. The number of carbonyl (C=O) groups is 1. The molecule has 1 aromatic heterocycles. The van der Waals surface area contributed by atoms with Crippen LogP contribution in [0.25, 0.3) is 20.8 Å². The van der Waals surface area contributed by atoms with E-state index in [-0.39, 0.29) is 11.9 Å². The van der Waals surface area contributed by atoms with E-state index in [0.717, 1.165) is 93.3 Å². The summed E-state index contributed by atoms with van der Waals surface area (Å²) in [4.78, 5) is 29.5. The Hall–Kier alpha value is -3.99. The number of carbonyl (C=O) groups excluding carboxylic acids is 1. The molecule has 7 rings (SSSR count). The summed E-state index contributed by atoms with van der Waals surface area (Å²) in [7, 11) is 1.62. The van der Waals surface area contributed by atoms with Gasteiger partial charge in [0, 0.05) is 63.7 Å². The molecular weight excluding hydrogens is 598 g/mol. The molecule has 9 nitrogen and oxygen atoms in total. The van der Waals surface area contributed by atoms with E-state index in [2.05, 4.69) is 45.1 Å². The number of methoxy groups -OCH3 is 1. The van der Waals surface area contributed by atoms with Crippen molar-refractivity contribution in [3.63, 3.8) is 0 Å². The maximum absolute atomic E-state index is 13.1. The van der Waals surface area contributed by atoms with Crippen LogP contribution in [0.2, 0.25) is 0 Å². The Morgan fingerprint density at radius 2 is 1.65 bits per heavy atom. The summed E-state index contributed by atoms with van der Waals surface area (Å²) in [6, 6.07) is 20.3. The Morgan fingerprint density at radius 3 is 2.43 bits per heavy atom. The van der Waals surface area contributed by atoms with Gasteiger partial charge in [0.25, 0.3) is 5.91 Å². The molecule has 0 aliphatic carbocycles. The first kappa shape index (κ1) is 30.7. The maximum Gasteiger partial charge on any atom is 0.256 e. The lowest BCUT2D eigenvalue weighted by molar-refractivity contribution is 0.0774. The summed E-state index contributed by atoms with van der Waals surface area (Å²) < 4.78 is 19.1. The monoisotopic (exact) mass is 639 g/mol. The molecule has 3 aliphatic heterocycles. The average Bonchev–Trinajstić information content (AvgIpc) is 3.73. The van der Waals surface area contributed by atoms with Gasteiger partial charge in [-0.25, -0.2) is 4.98 Å². The summed E-state index contributed by atoms with van der Waals surface area (Å²) in [5, 5.41) is 1.03. The highest BCUT2D eigenvalue weighted by Gasteiger charge is 2.32. The van der Waals surface area contributed by atoms with Gasteiger partial charge in [-0.05, 0) is 56.0 Å². The van der Waals surface area contributed by atoms with E-state index in [1.54, 1.807) is 24.5 Å². The van der Waals surface area contributed by atoms with Crippen molar-refractivity contribution in [2.75, 3.05) is 66.1 Å². The van der Waals surface area contributed by atoms with E-state index in [1.165, 1.54) is 4.70 Å². The van der Waals surface area contributed by atoms with Crippen LogP contribution < -0.4 is 14.2 Å². The van der Waals surface area contributed by atoms with Crippen molar-refractivity contribution in [1.29, 1.82) is 0 Å². The number of aromatic nitrogens is 1. The molecule has 1 atom stereocenters. The smallest absolute Gasteiger partial charge is 0.256 e. The fourth-order valence-electron chi connectivity index (χ4n) is 6.52. The molecule has 240 valence electrons. The van der Waals surface area contributed by atoms with Crippen LogP contribution in [0.4, 0.5) is 5.69 Å². The number of hydrogen-bond donors (Lipinski definition) is 0. The Labute approximate surface area is 274 Å². The minimum absolute atomic E-state index is 0.0258. The van der Waals surface area contributed by atoms with E-state index in [9.17, 15) is 4.79 Å². The number of fused-ring (bicyclic) bond motifs is 3. The van der Waals surface area contributed by atoms with Gasteiger partial charge in [-0.15, -0.1) is 11.3 Å². The van der Waals surface area contributed by atoms with E-state index in [0.29, 0.717) is 36.0 Å². The quantitative estimate of drug-likeness (QED) is 0.172. The molecule has 0 radical (unpaired) electrons. The van der Waals surface area contributed by atoms with E-state index in [1.807, 2.05) is 35.4 Å². The zero-order valence-electron chi connectivity index (χ0n) is 26.4. The second-order valence-corrected chi connectivity index (χ2v) is 13.1. The van der Waals surface area contributed by atoms with Gasteiger partial charge in [0.2, 0.25) is 0 Å². The highest BCUT2D eigenvalue weighted by Crippen LogP contribution is 2.38. The van der Waals surface area contributed by atoms with Crippen LogP contribution in [-0.4, -0.2) is 104 Å². The number of piperazine rings is 1. The molecular formula is C36H41N5O4S. The van der Waals surface area contributed by atoms with Crippen LogP contribution in [0.15, 0.2) is 65.7 Å². The summed E-state index contributed by atoms with van der Waals surface area (Å²) in [6.07, 6.45) is 5.81. The van der Waals surface area contributed by atoms with Crippen molar-refractivity contribution >= 4 is 39.4 Å². The molecule has 0 N–H and O–H groups in total. The lowest BCUT2D eigenvalue weighted by Gasteiger charge is -2.34. The molecule has 4 heterocycles. The van der Waals surface area contributed by atoms with Gasteiger partial charge in [-0.1, -0.05) is 24.3 Å². The lowest BCUT2D eigenvalue weighted by Crippen LogP contribution is -2.47. The van der Waals surface area contributed by atoms with E-state index < -0.39 is 0 Å². The minimum Gasteiger partial charge on any atom is -0.494 e. The second kappa shape index (κ2) is 14.2. The number of ether oxygens (including phenoxy) is 3. The molecule has 3 aliphatic rings. The van der Waals surface area contributed by atoms with Gasteiger partial charge in [0.05, 0.1) is 47.8 Å². The number of amides is 1. The van der Waals surface area contributed by atoms with Crippen molar-refractivity contribution in [3.8, 4) is 27.8 Å². The molecule has 0 unspecified atom stereocenters. The number of para-hydroxylation sites is 1. The fraction of sp³-hybridized carbons (Fsp3) is 0.417. The molecule has 0 bridgehead atoms. The summed E-state index contributed by atoms with van der Waals surface area (Å²) in [5.74, 6) is 2.15. The van der Waals surface area contributed by atoms with Gasteiger partial charge in [0.15, 0.2) is 11.5 Å². The number of rotatable bonds is 12. The topological polar surface area (TPSA) is 79.7 Å². The summed E-state index contributed by atoms with van der Waals surface area (Å²) in [5.41, 5.74) is 3.39. The zero-order valence-corrected chi connectivity index (χ0v) is 27.2. The summed E-state index contributed by atoms with van der Waals surface area (Å²) >= 11 is 1.71. The number of thiazole rings is 1. The molecule has 1 amide bonds. The Bertz CT molecular complexity index is 1670. The van der Waals surface area contributed by atoms with Gasteiger partial charge in [-0.3, -0.25) is 9.79 Å². The first-order valence-electron chi connectivity index (χ1n) is 16.4. The largest absolute Gasteiger partial charge is 0.494 e. The first-order chi connectivity index (χ1) is 22.6. The molecule has 2 fully saturated rings. The standard InChI is InChI=1S/C36H41N5O4S/c1-43-32-23-29-31(37-25-27-9-5-15-41(27)36(29)42)24-33(32)45-21-7-14-40-18-16-39(17-19-40)13-6-20-44-28-10-4-8-26(22-28)35-38-30-11-2-3-12-34(30)46-35/h2-4,8,10-12,22-25,27H,5-7,9,13-21H2,1H3/t27-/m0/s1. The van der Waals surface area contributed by atoms with Crippen LogP contribution >= 0.6 is 11.3 Å². The number of benzene rings is 3. The number of hydrogen-bond acceptors (Lipinski definition) is 9. The molecule has 4 aromatic rings. The molecule has 0 saturated carbocycles. The van der Waals surface area contributed by atoms with Gasteiger partial charge in [0.1, 0.15) is 10.8 Å². The second-order valence-electron chi connectivity index (χ2n) is 12.1. The van der Waals surface area contributed by atoms with Crippen LogP contribution in [-0.2, 0) is 0 Å².